The molecule has 0 saturated carbocycles. The number of anilines is 1. The largest absolute Gasteiger partial charge is 0.461 e. The van der Waals surface area contributed by atoms with E-state index in [2.05, 4.69) is 15.3 Å². The fourth-order valence-corrected chi connectivity index (χ4v) is 2.82. The molecule has 2 heterocycles. The van der Waals surface area contributed by atoms with E-state index in [-0.39, 0.29) is 26.0 Å². The summed E-state index contributed by atoms with van der Waals surface area (Å²) in [6, 6.07) is 11.3. The van der Waals surface area contributed by atoms with Crippen LogP contribution >= 0.6 is 11.6 Å². The lowest BCUT2D eigenvalue weighted by molar-refractivity contribution is 0.174. The molecule has 0 radical (unpaired) electrons. The van der Waals surface area contributed by atoms with Gasteiger partial charge in [0.05, 0.1) is 12.1 Å². The summed E-state index contributed by atoms with van der Waals surface area (Å²) in [6.07, 6.45) is 0. The Hall–Kier alpha value is -2.77. The Morgan fingerprint density at radius 1 is 1.12 bits per heavy atom. The molecule has 0 amide bonds. The lowest BCUT2D eigenvalue weighted by Gasteiger charge is -2.12. The van der Waals surface area contributed by atoms with Gasteiger partial charge in [0.2, 0.25) is 6.79 Å². The normalized spacial score (nSPS) is 12.4. The number of aromatic nitrogens is 2. The first-order valence-electron chi connectivity index (χ1n) is 8.06. The first kappa shape index (κ1) is 16.7. The quantitative estimate of drug-likeness (QED) is 0.686. The van der Waals surface area contributed by atoms with Gasteiger partial charge in [-0.3, -0.25) is 0 Å². The summed E-state index contributed by atoms with van der Waals surface area (Å²) in [5, 5.41) is 13.6. The topological polar surface area (TPSA) is 85.7 Å². The Labute approximate surface area is 154 Å². The van der Waals surface area contributed by atoms with E-state index in [0.29, 0.717) is 22.9 Å². The summed E-state index contributed by atoms with van der Waals surface area (Å²) < 4.78 is 16.1. The summed E-state index contributed by atoms with van der Waals surface area (Å²) >= 11 is 6.12. The highest BCUT2D eigenvalue weighted by atomic mass is 35.5. The standard InChI is InChI=1S/C18H16ClN3O4/c19-12-2-3-14-13(8-12)17(22-18(21-14)24-6-5-23)20-9-11-1-4-15-16(7-11)26-10-25-15/h1-4,7-8,23H,5-6,9-10H2,(H,20,21,22). The predicted molar refractivity (Wildman–Crippen MR) is 97.0 cm³/mol. The maximum atomic E-state index is 8.94. The zero-order valence-corrected chi connectivity index (χ0v) is 14.5. The predicted octanol–water partition coefficient (Wildman–Crippen LogP) is 3.00. The lowest BCUT2D eigenvalue weighted by Crippen LogP contribution is -2.08. The van der Waals surface area contributed by atoms with Crippen molar-refractivity contribution in [3.63, 3.8) is 0 Å². The van der Waals surface area contributed by atoms with Gasteiger partial charge in [0.15, 0.2) is 11.5 Å². The number of ether oxygens (including phenoxy) is 3. The van der Waals surface area contributed by atoms with Crippen molar-refractivity contribution in [3.05, 3.63) is 47.0 Å². The van der Waals surface area contributed by atoms with Crippen LogP contribution in [-0.2, 0) is 6.54 Å². The molecular formula is C18H16ClN3O4. The van der Waals surface area contributed by atoms with Crippen LogP contribution in [0.2, 0.25) is 5.02 Å². The van der Waals surface area contributed by atoms with Gasteiger partial charge in [-0.25, -0.2) is 0 Å². The van der Waals surface area contributed by atoms with Crippen LogP contribution in [0.5, 0.6) is 17.5 Å². The van der Waals surface area contributed by atoms with Crippen LogP contribution in [0.1, 0.15) is 5.56 Å². The lowest BCUT2D eigenvalue weighted by atomic mass is 10.2. The van der Waals surface area contributed by atoms with Gasteiger partial charge in [-0.2, -0.15) is 9.97 Å². The van der Waals surface area contributed by atoms with Crippen LogP contribution in [0.15, 0.2) is 36.4 Å². The van der Waals surface area contributed by atoms with E-state index in [9.17, 15) is 0 Å². The Morgan fingerprint density at radius 3 is 2.88 bits per heavy atom. The second-order valence-electron chi connectivity index (χ2n) is 5.63. The van der Waals surface area contributed by atoms with Crippen LogP contribution < -0.4 is 19.5 Å². The third kappa shape index (κ3) is 3.44. The molecule has 26 heavy (non-hydrogen) atoms. The molecule has 134 valence electrons. The van der Waals surface area contributed by atoms with Gasteiger partial charge in [-0.1, -0.05) is 17.7 Å². The van der Waals surface area contributed by atoms with E-state index in [1.54, 1.807) is 18.2 Å². The average molecular weight is 374 g/mol. The van der Waals surface area contributed by atoms with Gasteiger partial charge in [-0.05, 0) is 35.9 Å². The van der Waals surface area contributed by atoms with Gasteiger partial charge in [0, 0.05) is 17.0 Å². The Balaban J connectivity index is 1.62. The van der Waals surface area contributed by atoms with Crippen molar-refractivity contribution in [2.75, 3.05) is 25.3 Å². The van der Waals surface area contributed by atoms with E-state index >= 15 is 0 Å². The molecule has 0 bridgehead atoms. The molecule has 0 spiro atoms. The molecule has 0 aliphatic carbocycles. The second-order valence-corrected chi connectivity index (χ2v) is 6.07. The van der Waals surface area contributed by atoms with Gasteiger partial charge in [0.1, 0.15) is 12.4 Å². The molecule has 1 aromatic heterocycles. The zero-order chi connectivity index (χ0) is 17.9. The maximum Gasteiger partial charge on any atom is 0.319 e. The number of aliphatic hydroxyl groups is 1. The average Bonchev–Trinajstić information content (AvgIpc) is 3.12. The Kier molecular flexibility index (Phi) is 4.64. The minimum absolute atomic E-state index is 0.109. The number of rotatable bonds is 6. The van der Waals surface area contributed by atoms with Gasteiger partial charge >= 0.3 is 6.01 Å². The van der Waals surface area contributed by atoms with Crippen molar-refractivity contribution >= 4 is 28.3 Å². The number of halogens is 1. The molecule has 4 rings (SSSR count). The van der Waals surface area contributed by atoms with Crippen LogP contribution in [-0.4, -0.2) is 35.1 Å². The van der Waals surface area contributed by atoms with Crippen molar-refractivity contribution in [2.45, 2.75) is 6.54 Å². The number of nitrogens with zero attached hydrogens (tertiary/aromatic N) is 2. The summed E-state index contributed by atoms with van der Waals surface area (Å²) in [4.78, 5) is 8.73. The molecular weight excluding hydrogens is 358 g/mol. The van der Waals surface area contributed by atoms with E-state index in [1.807, 2.05) is 18.2 Å². The molecule has 0 unspecified atom stereocenters. The van der Waals surface area contributed by atoms with Crippen molar-refractivity contribution in [2.24, 2.45) is 0 Å². The van der Waals surface area contributed by atoms with E-state index < -0.39 is 0 Å². The second kappa shape index (κ2) is 7.23. The molecule has 1 aliphatic rings. The number of benzene rings is 2. The summed E-state index contributed by atoms with van der Waals surface area (Å²) in [6.45, 7) is 0.782. The zero-order valence-electron chi connectivity index (χ0n) is 13.7. The monoisotopic (exact) mass is 373 g/mol. The van der Waals surface area contributed by atoms with Crippen molar-refractivity contribution in [1.82, 2.24) is 9.97 Å². The molecule has 8 heteroatoms. The maximum absolute atomic E-state index is 8.94. The number of nitrogens with one attached hydrogen (secondary N) is 1. The fraction of sp³-hybridized carbons (Fsp3) is 0.222. The van der Waals surface area contributed by atoms with Crippen molar-refractivity contribution < 1.29 is 19.3 Å². The minimum atomic E-state index is -0.109. The summed E-state index contributed by atoms with van der Waals surface area (Å²) in [5.74, 6) is 2.07. The van der Waals surface area contributed by atoms with Crippen molar-refractivity contribution in [3.8, 4) is 17.5 Å². The van der Waals surface area contributed by atoms with Gasteiger partial charge in [0.25, 0.3) is 0 Å². The third-order valence-corrected chi connectivity index (χ3v) is 4.09. The van der Waals surface area contributed by atoms with E-state index in [1.165, 1.54) is 0 Å². The fourth-order valence-electron chi connectivity index (χ4n) is 2.65. The number of fused-ring (bicyclic) bond motifs is 2. The van der Waals surface area contributed by atoms with Crippen LogP contribution in [0.3, 0.4) is 0 Å². The SMILES string of the molecule is OCCOc1nc(NCc2ccc3c(c2)OCO3)c2cc(Cl)ccc2n1. The molecule has 3 aromatic rings. The minimum Gasteiger partial charge on any atom is -0.461 e. The number of hydrogen-bond donors (Lipinski definition) is 2. The molecule has 0 atom stereocenters. The molecule has 2 aromatic carbocycles. The van der Waals surface area contributed by atoms with Crippen molar-refractivity contribution in [1.29, 1.82) is 0 Å². The van der Waals surface area contributed by atoms with Crippen LogP contribution in [0, 0.1) is 0 Å². The molecule has 0 fully saturated rings. The summed E-state index contributed by atoms with van der Waals surface area (Å²) in [7, 11) is 0. The molecule has 2 N–H and O–H groups in total. The number of aliphatic hydroxyl groups excluding tert-OH is 1. The van der Waals surface area contributed by atoms with Gasteiger partial charge in [-0.15, -0.1) is 0 Å². The first-order valence-corrected chi connectivity index (χ1v) is 8.44. The smallest absolute Gasteiger partial charge is 0.319 e. The highest BCUT2D eigenvalue weighted by Crippen LogP contribution is 2.33. The molecule has 1 aliphatic heterocycles. The van der Waals surface area contributed by atoms with Crippen LogP contribution in [0.25, 0.3) is 10.9 Å². The highest BCUT2D eigenvalue weighted by molar-refractivity contribution is 6.31. The Bertz CT molecular complexity index is 951. The van der Waals surface area contributed by atoms with Crippen LogP contribution in [0.4, 0.5) is 5.82 Å². The van der Waals surface area contributed by atoms with Gasteiger partial charge < -0.3 is 24.6 Å². The molecule has 7 nitrogen and oxygen atoms in total. The Morgan fingerprint density at radius 2 is 2.00 bits per heavy atom. The van der Waals surface area contributed by atoms with E-state index in [0.717, 1.165) is 22.4 Å². The molecule has 0 saturated heterocycles. The first-order chi connectivity index (χ1) is 12.7. The number of hydrogen-bond acceptors (Lipinski definition) is 7. The third-order valence-electron chi connectivity index (χ3n) is 3.86. The highest BCUT2D eigenvalue weighted by Gasteiger charge is 2.14. The van der Waals surface area contributed by atoms with E-state index in [4.69, 9.17) is 30.9 Å². The summed E-state index contributed by atoms with van der Waals surface area (Å²) in [5.41, 5.74) is 1.71.